The van der Waals surface area contributed by atoms with Crippen LogP contribution < -0.4 is 15.0 Å². The zero-order valence-electron chi connectivity index (χ0n) is 13.7. The van der Waals surface area contributed by atoms with E-state index in [4.69, 9.17) is 4.74 Å². The highest BCUT2D eigenvalue weighted by Gasteiger charge is 2.28. The Balaban J connectivity index is 2.26. The molecular formula is C17H24N2O3. The minimum Gasteiger partial charge on any atom is -0.482 e. The van der Waals surface area contributed by atoms with Crippen molar-refractivity contribution in [3.05, 3.63) is 18.2 Å². The van der Waals surface area contributed by atoms with Gasteiger partial charge in [-0.25, -0.2) is 0 Å². The molecule has 0 aliphatic carbocycles. The van der Waals surface area contributed by atoms with Crippen molar-refractivity contribution >= 4 is 23.2 Å². The van der Waals surface area contributed by atoms with E-state index in [0.29, 0.717) is 17.1 Å². The van der Waals surface area contributed by atoms with Gasteiger partial charge in [0.2, 0.25) is 5.91 Å². The zero-order chi connectivity index (χ0) is 16.3. The lowest BCUT2D eigenvalue weighted by molar-refractivity contribution is -0.121. The van der Waals surface area contributed by atoms with Gasteiger partial charge in [-0.2, -0.15) is 0 Å². The van der Waals surface area contributed by atoms with Gasteiger partial charge in [0.25, 0.3) is 5.91 Å². The molecule has 0 bridgehead atoms. The highest BCUT2D eigenvalue weighted by molar-refractivity contribution is 6.00. The first-order chi connectivity index (χ1) is 10.5. The topological polar surface area (TPSA) is 58.6 Å². The second-order valence-electron chi connectivity index (χ2n) is 5.83. The van der Waals surface area contributed by atoms with Crippen LogP contribution in [0, 0.1) is 5.92 Å². The van der Waals surface area contributed by atoms with Crippen LogP contribution in [0.1, 0.15) is 40.5 Å². The molecule has 0 radical (unpaired) electrons. The normalized spacial score (nSPS) is 14.1. The van der Waals surface area contributed by atoms with Crippen molar-refractivity contribution in [2.45, 2.75) is 46.6 Å². The third-order valence-corrected chi connectivity index (χ3v) is 3.98. The Bertz CT molecular complexity index is 565. The molecule has 0 fully saturated rings. The van der Waals surface area contributed by atoms with Gasteiger partial charge in [-0.3, -0.25) is 9.59 Å². The van der Waals surface area contributed by atoms with E-state index in [2.05, 4.69) is 5.32 Å². The van der Waals surface area contributed by atoms with Crippen molar-refractivity contribution in [3.8, 4) is 5.75 Å². The smallest absolute Gasteiger partial charge is 0.265 e. The molecule has 1 heterocycles. The lowest BCUT2D eigenvalue weighted by Gasteiger charge is -2.32. The SMILES string of the molecule is CCC(CC)C(=O)Nc1ccc2c(c1)N(C(C)C)C(=O)CO2. The summed E-state index contributed by atoms with van der Waals surface area (Å²) in [5.41, 5.74) is 1.41. The number of carbonyl (C=O) groups excluding carboxylic acids is 2. The van der Waals surface area contributed by atoms with E-state index in [0.717, 1.165) is 12.8 Å². The summed E-state index contributed by atoms with van der Waals surface area (Å²) < 4.78 is 5.46. The summed E-state index contributed by atoms with van der Waals surface area (Å²) in [6.45, 7) is 8.00. The first-order valence-electron chi connectivity index (χ1n) is 7.87. The van der Waals surface area contributed by atoms with Gasteiger partial charge in [0, 0.05) is 17.6 Å². The Morgan fingerprint density at radius 2 is 2.00 bits per heavy atom. The summed E-state index contributed by atoms with van der Waals surface area (Å²) >= 11 is 0. The van der Waals surface area contributed by atoms with Crippen LogP contribution in [0.3, 0.4) is 0 Å². The highest BCUT2D eigenvalue weighted by Crippen LogP contribution is 2.35. The monoisotopic (exact) mass is 304 g/mol. The summed E-state index contributed by atoms with van der Waals surface area (Å²) in [5.74, 6) is 0.638. The number of anilines is 2. The molecular weight excluding hydrogens is 280 g/mol. The maximum Gasteiger partial charge on any atom is 0.265 e. The molecule has 1 aliphatic heterocycles. The number of ether oxygens (including phenoxy) is 1. The van der Waals surface area contributed by atoms with E-state index in [9.17, 15) is 9.59 Å². The van der Waals surface area contributed by atoms with E-state index >= 15 is 0 Å². The van der Waals surface area contributed by atoms with Crippen LogP contribution in [0.4, 0.5) is 11.4 Å². The molecule has 2 rings (SSSR count). The summed E-state index contributed by atoms with van der Waals surface area (Å²) in [7, 11) is 0. The van der Waals surface area contributed by atoms with E-state index in [1.165, 1.54) is 0 Å². The number of hydrogen-bond acceptors (Lipinski definition) is 3. The van der Waals surface area contributed by atoms with E-state index in [-0.39, 0.29) is 30.4 Å². The number of hydrogen-bond donors (Lipinski definition) is 1. The van der Waals surface area contributed by atoms with Gasteiger partial charge in [-0.05, 0) is 44.9 Å². The molecule has 0 spiro atoms. The Labute approximate surface area is 131 Å². The summed E-state index contributed by atoms with van der Waals surface area (Å²) in [6.07, 6.45) is 1.62. The Kier molecular flexibility index (Phi) is 5.06. The Hall–Kier alpha value is -2.04. The van der Waals surface area contributed by atoms with Crippen molar-refractivity contribution in [2.24, 2.45) is 5.92 Å². The minimum atomic E-state index is -0.0639. The summed E-state index contributed by atoms with van der Waals surface area (Å²) in [4.78, 5) is 26.0. The molecule has 0 saturated heterocycles. The van der Waals surface area contributed by atoms with E-state index in [1.54, 1.807) is 11.0 Å². The van der Waals surface area contributed by atoms with Gasteiger partial charge in [-0.1, -0.05) is 13.8 Å². The third-order valence-electron chi connectivity index (χ3n) is 3.98. The number of nitrogens with one attached hydrogen (secondary N) is 1. The fourth-order valence-electron chi connectivity index (χ4n) is 2.72. The largest absolute Gasteiger partial charge is 0.482 e. The van der Waals surface area contributed by atoms with Crippen LogP contribution in [-0.4, -0.2) is 24.5 Å². The molecule has 22 heavy (non-hydrogen) atoms. The van der Waals surface area contributed by atoms with Crippen molar-refractivity contribution in [1.29, 1.82) is 0 Å². The van der Waals surface area contributed by atoms with E-state index < -0.39 is 0 Å². The van der Waals surface area contributed by atoms with Gasteiger partial charge in [0.05, 0.1) is 5.69 Å². The maximum absolute atomic E-state index is 12.2. The van der Waals surface area contributed by atoms with Gasteiger partial charge in [0.15, 0.2) is 6.61 Å². The number of benzene rings is 1. The van der Waals surface area contributed by atoms with Crippen LogP contribution in [0.5, 0.6) is 5.75 Å². The molecule has 1 aromatic rings. The lowest BCUT2D eigenvalue weighted by Crippen LogP contribution is -2.43. The van der Waals surface area contributed by atoms with Gasteiger partial charge in [-0.15, -0.1) is 0 Å². The van der Waals surface area contributed by atoms with Crippen molar-refractivity contribution in [2.75, 3.05) is 16.8 Å². The molecule has 5 heteroatoms. The number of rotatable bonds is 5. The molecule has 1 N–H and O–H groups in total. The fourth-order valence-corrected chi connectivity index (χ4v) is 2.72. The Morgan fingerprint density at radius 3 is 2.59 bits per heavy atom. The second-order valence-corrected chi connectivity index (χ2v) is 5.83. The first-order valence-corrected chi connectivity index (χ1v) is 7.87. The first kappa shape index (κ1) is 16.3. The molecule has 0 unspecified atom stereocenters. The van der Waals surface area contributed by atoms with Gasteiger partial charge >= 0.3 is 0 Å². The standard InChI is InChI=1S/C17H24N2O3/c1-5-12(6-2)17(21)18-13-7-8-15-14(9-13)19(11(3)4)16(20)10-22-15/h7-9,11-12H,5-6,10H2,1-4H3,(H,18,21). The molecule has 0 saturated carbocycles. The number of nitrogens with zero attached hydrogens (tertiary/aromatic N) is 1. The summed E-state index contributed by atoms with van der Waals surface area (Å²) in [5, 5.41) is 2.94. The lowest BCUT2D eigenvalue weighted by atomic mass is 10.0. The minimum absolute atomic E-state index is 0.00937. The Morgan fingerprint density at radius 1 is 1.32 bits per heavy atom. The molecule has 5 nitrogen and oxygen atoms in total. The number of fused-ring (bicyclic) bond motifs is 1. The molecule has 2 amide bonds. The molecule has 1 aliphatic rings. The van der Waals surface area contributed by atoms with Crippen LogP contribution >= 0.6 is 0 Å². The summed E-state index contributed by atoms with van der Waals surface area (Å²) in [6, 6.07) is 5.47. The quantitative estimate of drug-likeness (QED) is 0.909. The second kappa shape index (κ2) is 6.81. The zero-order valence-corrected chi connectivity index (χ0v) is 13.7. The molecule has 120 valence electrons. The average molecular weight is 304 g/mol. The van der Waals surface area contributed by atoms with Crippen LogP contribution in [0.25, 0.3) is 0 Å². The third kappa shape index (κ3) is 3.24. The predicted octanol–water partition coefficient (Wildman–Crippen LogP) is 3.20. The van der Waals surface area contributed by atoms with Crippen molar-refractivity contribution in [3.63, 3.8) is 0 Å². The van der Waals surface area contributed by atoms with Crippen LogP contribution in [0.15, 0.2) is 18.2 Å². The van der Waals surface area contributed by atoms with Gasteiger partial charge in [0.1, 0.15) is 5.75 Å². The fraction of sp³-hybridized carbons (Fsp3) is 0.529. The molecule has 0 atom stereocenters. The maximum atomic E-state index is 12.2. The van der Waals surface area contributed by atoms with E-state index in [1.807, 2.05) is 39.8 Å². The van der Waals surface area contributed by atoms with Crippen LogP contribution in [0.2, 0.25) is 0 Å². The predicted molar refractivity (Wildman–Crippen MR) is 87.3 cm³/mol. The van der Waals surface area contributed by atoms with Crippen molar-refractivity contribution in [1.82, 2.24) is 0 Å². The average Bonchev–Trinajstić information content (AvgIpc) is 2.47. The number of amides is 2. The molecule has 1 aromatic carbocycles. The number of carbonyl (C=O) groups is 2. The van der Waals surface area contributed by atoms with Gasteiger partial charge < -0.3 is 15.0 Å². The molecule has 0 aromatic heterocycles. The van der Waals surface area contributed by atoms with Crippen molar-refractivity contribution < 1.29 is 14.3 Å². The van der Waals surface area contributed by atoms with Crippen LogP contribution in [-0.2, 0) is 9.59 Å². The highest BCUT2D eigenvalue weighted by atomic mass is 16.5.